The zero-order valence-electron chi connectivity index (χ0n) is 13.2. The molecule has 4 N–H and O–H groups in total. The molecule has 0 aliphatic heterocycles. The van der Waals surface area contributed by atoms with Crippen molar-refractivity contribution in [3.8, 4) is 0 Å². The predicted octanol–water partition coefficient (Wildman–Crippen LogP) is 1.47. The molecular formula is C16H26N4O2. The van der Waals surface area contributed by atoms with Crippen LogP contribution in [0.2, 0.25) is 0 Å². The average Bonchev–Trinajstić information content (AvgIpc) is 2.51. The maximum atomic E-state index is 11.6. The van der Waals surface area contributed by atoms with Gasteiger partial charge in [-0.25, -0.2) is 4.79 Å². The molecular weight excluding hydrogens is 280 g/mol. The van der Waals surface area contributed by atoms with Crippen molar-refractivity contribution in [1.29, 1.82) is 0 Å². The van der Waals surface area contributed by atoms with E-state index in [1.54, 1.807) is 0 Å². The van der Waals surface area contributed by atoms with Crippen LogP contribution in [0.15, 0.2) is 30.3 Å². The van der Waals surface area contributed by atoms with Gasteiger partial charge < -0.3 is 21.3 Å². The summed E-state index contributed by atoms with van der Waals surface area (Å²) in [6.45, 7) is 2.09. The van der Waals surface area contributed by atoms with Crippen LogP contribution in [0.1, 0.15) is 25.7 Å². The number of nitrogens with zero attached hydrogens (tertiary/aromatic N) is 1. The smallest absolute Gasteiger partial charge is 0.312 e. The zero-order valence-corrected chi connectivity index (χ0v) is 13.2. The highest BCUT2D eigenvalue weighted by molar-refractivity contribution is 5.75. The molecule has 0 heterocycles. The first-order valence-corrected chi connectivity index (χ1v) is 7.66. The number of benzene rings is 1. The Labute approximate surface area is 132 Å². The normalized spacial score (nSPS) is 10.0. The van der Waals surface area contributed by atoms with E-state index >= 15 is 0 Å². The topological polar surface area (TPSA) is 87.5 Å². The van der Waals surface area contributed by atoms with Gasteiger partial charge in [0.25, 0.3) is 0 Å². The summed E-state index contributed by atoms with van der Waals surface area (Å²) in [5.74, 6) is 0.0569. The summed E-state index contributed by atoms with van der Waals surface area (Å²) in [5, 5.41) is 5.41. The second kappa shape index (κ2) is 10.5. The maximum Gasteiger partial charge on any atom is 0.312 e. The summed E-state index contributed by atoms with van der Waals surface area (Å²) >= 11 is 0. The molecule has 1 aromatic carbocycles. The first-order chi connectivity index (χ1) is 10.6. The molecule has 0 fully saturated rings. The standard InChI is InChI=1S/C16H26N4O2/c1-20(14-8-3-2-4-9-14)13-7-12-18-15(21)10-5-6-11-19-16(17)22/h2-4,8-9H,5-7,10-13H2,1H3,(H,18,21)(H3,17,19,22). The number of urea groups is 1. The van der Waals surface area contributed by atoms with Gasteiger partial charge in [0.1, 0.15) is 0 Å². The lowest BCUT2D eigenvalue weighted by Crippen LogP contribution is -2.30. The Morgan fingerprint density at radius 3 is 2.41 bits per heavy atom. The fraction of sp³-hybridized carbons (Fsp3) is 0.500. The lowest BCUT2D eigenvalue weighted by Gasteiger charge is -2.19. The molecule has 1 aromatic rings. The molecule has 122 valence electrons. The minimum Gasteiger partial charge on any atom is -0.375 e. The van der Waals surface area contributed by atoms with E-state index in [0.29, 0.717) is 19.5 Å². The Morgan fingerprint density at radius 1 is 1.05 bits per heavy atom. The van der Waals surface area contributed by atoms with Gasteiger partial charge in [-0.3, -0.25) is 4.79 Å². The molecule has 3 amide bonds. The SMILES string of the molecule is CN(CCCNC(=O)CCCCNC(N)=O)c1ccccc1. The van der Waals surface area contributed by atoms with Crippen molar-refractivity contribution >= 4 is 17.6 Å². The Bertz CT molecular complexity index is 451. The van der Waals surface area contributed by atoms with Crippen LogP contribution in [0.5, 0.6) is 0 Å². The molecule has 0 spiro atoms. The molecule has 6 heteroatoms. The quantitative estimate of drug-likeness (QED) is 0.572. The van der Waals surface area contributed by atoms with Crippen molar-refractivity contribution in [2.75, 3.05) is 31.6 Å². The summed E-state index contributed by atoms with van der Waals surface area (Å²) in [4.78, 5) is 24.2. The van der Waals surface area contributed by atoms with Crippen molar-refractivity contribution < 1.29 is 9.59 Å². The molecule has 22 heavy (non-hydrogen) atoms. The van der Waals surface area contributed by atoms with Crippen molar-refractivity contribution in [3.05, 3.63) is 30.3 Å². The zero-order chi connectivity index (χ0) is 16.2. The van der Waals surface area contributed by atoms with Crippen molar-refractivity contribution in [2.24, 2.45) is 5.73 Å². The summed E-state index contributed by atoms with van der Waals surface area (Å²) in [7, 11) is 2.04. The van der Waals surface area contributed by atoms with Crippen LogP contribution in [0.4, 0.5) is 10.5 Å². The van der Waals surface area contributed by atoms with E-state index in [-0.39, 0.29) is 5.91 Å². The van der Waals surface area contributed by atoms with Crippen molar-refractivity contribution in [3.63, 3.8) is 0 Å². The molecule has 0 atom stereocenters. The largest absolute Gasteiger partial charge is 0.375 e. The van der Waals surface area contributed by atoms with E-state index in [9.17, 15) is 9.59 Å². The number of para-hydroxylation sites is 1. The monoisotopic (exact) mass is 306 g/mol. The molecule has 1 rings (SSSR count). The summed E-state index contributed by atoms with van der Waals surface area (Å²) in [6.07, 6.45) is 2.89. The third kappa shape index (κ3) is 8.14. The molecule has 0 aromatic heterocycles. The summed E-state index contributed by atoms with van der Waals surface area (Å²) < 4.78 is 0. The number of hydrogen-bond donors (Lipinski definition) is 3. The minimum atomic E-state index is -0.521. The lowest BCUT2D eigenvalue weighted by molar-refractivity contribution is -0.121. The van der Waals surface area contributed by atoms with E-state index in [0.717, 1.165) is 25.8 Å². The molecule has 0 bridgehead atoms. The van der Waals surface area contributed by atoms with E-state index < -0.39 is 6.03 Å². The Hall–Kier alpha value is -2.24. The van der Waals surface area contributed by atoms with Gasteiger partial charge in [-0.1, -0.05) is 18.2 Å². The fourth-order valence-electron chi connectivity index (χ4n) is 2.07. The number of carbonyl (C=O) groups excluding carboxylic acids is 2. The fourth-order valence-corrected chi connectivity index (χ4v) is 2.07. The van der Waals surface area contributed by atoms with Crippen LogP contribution >= 0.6 is 0 Å². The lowest BCUT2D eigenvalue weighted by atomic mass is 10.2. The number of unbranched alkanes of at least 4 members (excludes halogenated alkanes) is 1. The number of nitrogens with one attached hydrogen (secondary N) is 2. The van der Waals surface area contributed by atoms with Gasteiger partial charge in [0.15, 0.2) is 0 Å². The highest BCUT2D eigenvalue weighted by Gasteiger charge is 2.02. The van der Waals surface area contributed by atoms with Crippen LogP contribution < -0.4 is 21.3 Å². The van der Waals surface area contributed by atoms with Crippen LogP contribution in [0.3, 0.4) is 0 Å². The highest BCUT2D eigenvalue weighted by Crippen LogP contribution is 2.10. The van der Waals surface area contributed by atoms with Crippen LogP contribution in [-0.4, -0.2) is 38.6 Å². The van der Waals surface area contributed by atoms with Gasteiger partial charge >= 0.3 is 6.03 Å². The van der Waals surface area contributed by atoms with Crippen molar-refractivity contribution in [1.82, 2.24) is 10.6 Å². The molecule has 0 saturated heterocycles. The number of anilines is 1. The molecule has 0 unspecified atom stereocenters. The van der Waals surface area contributed by atoms with Crippen LogP contribution in [0, 0.1) is 0 Å². The second-order valence-electron chi connectivity index (χ2n) is 5.21. The number of nitrogens with two attached hydrogens (primary N) is 1. The van der Waals surface area contributed by atoms with Gasteiger partial charge in [0, 0.05) is 38.8 Å². The second-order valence-corrected chi connectivity index (χ2v) is 5.21. The predicted molar refractivity (Wildman–Crippen MR) is 88.8 cm³/mol. The molecule has 6 nitrogen and oxygen atoms in total. The molecule has 0 aliphatic rings. The Morgan fingerprint density at radius 2 is 1.73 bits per heavy atom. The first kappa shape index (κ1) is 17.8. The third-order valence-corrected chi connectivity index (χ3v) is 3.32. The number of carbonyl (C=O) groups is 2. The average molecular weight is 306 g/mol. The van der Waals surface area contributed by atoms with E-state index in [1.165, 1.54) is 5.69 Å². The third-order valence-electron chi connectivity index (χ3n) is 3.32. The molecule has 0 saturated carbocycles. The Balaban J connectivity index is 2.02. The Kier molecular flexibility index (Phi) is 8.49. The van der Waals surface area contributed by atoms with Crippen molar-refractivity contribution in [2.45, 2.75) is 25.7 Å². The van der Waals surface area contributed by atoms with E-state index in [2.05, 4.69) is 27.7 Å². The first-order valence-electron chi connectivity index (χ1n) is 7.66. The van der Waals surface area contributed by atoms with Crippen LogP contribution in [-0.2, 0) is 4.79 Å². The summed E-state index contributed by atoms with van der Waals surface area (Å²) in [5.41, 5.74) is 6.13. The van der Waals surface area contributed by atoms with Crippen LogP contribution in [0.25, 0.3) is 0 Å². The highest BCUT2D eigenvalue weighted by atomic mass is 16.2. The molecule has 0 aliphatic carbocycles. The number of hydrogen-bond acceptors (Lipinski definition) is 3. The molecule has 0 radical (unpaired) electrons. The van der Waals surface area contributed by atoms with Gasteiger partial charge in [-0.2, -0.15) is 0 Å². The van der Waals surface area contributed by atoms with Gasteiger partial charge in [-0.05, 0) is 31.4 Å². The van der Waals surface area contributed by atoms with E-state index in [1.807, 2.05) is 25.2 Å². The minimum absolute atomic E-state index is 0.0569. The summed E-state index contributed by atoms with van der Waals surface area (Å²) in [6, 6.07) is 9.64. The number of amides is 3. The van der Waals surface area contributed by atoms with Gasteiger partial charge in [0.05, 0.1) is 0 Å². The number of primary amides is 1. The van der Waals surface area contributed by atoms with Gasteiger partial charge in [0.2, 0.25) is 5.91 Å². The van der Waals surface area contributed by atoms with E-state index in [4.69, 9.17) is 5.73 Å². The maximum absolute atomic E-state index is 11.6. The van der Waals surface area contributed by atoms with Gasteiger partial charge in [-0.15, -0.1) is 0 Å². The number of rotatable bonds is 10.